The zero-order valence-electron chi connectivity index (χ0n) is 15.9. The monoisotopic (exact) mass is 412 g/mol. The van der Waals surface area contributed by atoms with E-state index in [1.165, 1.54) is 10.7 Å². The largest absolute Gasteiger partial charge is 0.349 e. The number of benzene rings is 2. The Labute approximate surface area is 174 Å². The Morgan fingerprint density at radius 3 is 2.69 bits per heavy atom. The summed E-state index contributed by atoms with van der Waals surface area (Å²) in [6, 6.07) is 15.7. The van der Waals surface area contributed by atoms with Gasteiger partial charge in [-0.2, -0.15) is 5.10 Å². The van der Waals surface area contributed by atoms with Crippen molar-refractivity contribution in [2.24, 2.45) is 0 Å². The zero-order valence-corrected chi connectivity index (χ0v) is 16.6. The van der Waals surface area contributed by atoms with Gasteiger partial charge in [0.2, 0.25) is 0 Å². The lowest BCUT2D eigenvalue weighted by Crippen LogP contribution is -2.37. The molecule has 3 aromatic rings. The van der Waals surface area contributed by atoms with E-state index in [9.17, 15) is 9.18 Å². The number of hydrogen-bond acceptors (Lipinski definition) is 3. The molecule has 150 valence electrons. The second kappa shape index (κ2) is 8.76. The fourth-order valence-electron chi connectivity index (χ4n) is 3.72. The first-order chi connectivity index (χ1) is 14.1. The summed E-state index contributed by atoms with van der Waals surface area (Å²) < 4.78 is 15.3. The van der Waals surface area contributed by atoms with E-state index in [0.29, 0.717) is 17.3 Å². The van der Waals surface area contributed by atoms with Gasteiger partial charge in [0.05, 0.1) is 6.04 Å². The van der Waals surface area contributed by atoms with E-state index in [1.54, 1.807) is 30.5 Å². The molecule has 1 N–H and O–H groups in total. The fourth-order valence-corrected chi connectivity index (χ4v) is 3.92. The predicted molar refractivity (Wildman–Crippen MR) is 111 cm³/mol. The number of nitrogens with zero attached hydrogens (tertiary/aromatic N) is 3. The lowest BCUT2D eigenvalue weighted by molar-refractivity contribution is 0.0932. The van der Waals surface area contributed by atoms with Crippen LogP contribution in [0.1, 0.15) is 34.9 Å². The molecule has 2 heterocycles. The number of nitrogens with one attached hydrogen (secondary N) is 1. The highest BCUT2D eigenvalue weighted by atomic mass is 35.5. The molecule has 0 bridgehead atoms. The smallest absolute Gasteiger partial charge is 0.271 e. The molecule has 5 nitrogen and oxygen atoms in total. The van der Waals surface area contributed by atoms with Crippen molar-refractivity contribution in [3.63, 3.8) is 0 Å². The first-order valence-corrected chi connectivity index (χ1v) is 10.1. The van der Waals surface area contributed by atoms with Crippen LogP contribution in [0.4, 0.5) is 4.39 Å². The Morgan fingerprint density at radius 1 is 1.14 bits per heavy atom. The minimum Gasteiger partial charge on any atom is -0.349 e. The SMILES string of the molecule is O=C(NCC(c1cccc(Cl)c1)N1CCCC1)c1ccn(-c2ccccc2F)n1. The summed E-state index contributed by atoms with van der Waals surface area (Å²) in [5.41, 5.74) is 1.64. The summed E-state index contributed by atoms with van der Waals surface area (Å²) in [7, 11) is 0. The molecule has 4 rings (SSSR count). The van der Waals surface area contributed by atoms with Crippen molar-refractivity contribution in [1.29, 1.82) is 0 Å². The molecule has 1 atom stereocenters. The molecule has 1 unspecified atom stereocenters. The fraction of sp³-hybridized carbons (Fsp3) is 0.273. The van der Waals surface area contributed by atoms with Gasteiger partial charge < -0.3 is 5.32 Å². The summed E-state index contributed by atoms with van der Waals surface area (Å²) in [6.07, 6.45) is 3.89. The van der Waals surface area contributed by atoms with E-state index in [0.717, 1.165) is 31.5 Å². The summed E-state index contributed by atoms with van der Waals surface area (Å²) in [4.78, 5) is 15.0. The molecular formula is C22H22ClFN4O. The molecule has 1 amide bonds. The third kappa shape index (κ3) is 4.49. The van der Waals surface area contributed by atoms with Crippen molar-refractivity contribution in [2.75, 3.05) is 19.6 Å². The minimum atomic E-state index is -0.391. The summed E-state index contributed by atoms with van der Waals surface area (Å²) >= 11 is 6.18. The maximum absolute atomic E-state index is 14.0. The topological polar surface area (TPSA) is 50.2 Å². The van der Waals surface area contributed by atoms with E-state index in [1.807, 2.05) is 24.3 Å². The van der Waals surface area contributed by atoms with Gasteiger partial charge in [-0.3, -0.25) is 9.69 Å². The van der Waals surface area contributed by atoms with Gasteiger partial charge in [0, 0.05) is 17.8 Å². The number of halogens is 2. The van der Waals surface area contributed by atoms with Gasteiger partial charge in [-0.1, -0.05) is 35.9 Å². The van der Waals surface area contributed by atoms with Crippen LogP contribution in [-0.4, -0.2) is 40.2 Å². The highest BCUT2D eigenvalue weighted by Gasteiger charge is 2.24. The highest BCUT2D eigenvalue weighted by molar-refractivity contribution is 6.30. The summed E-state index contributed by atoms with van der Waals surface area (Å²) in [5, 5.41) is 7.90. The molecule has 1 saturated heterocycles. The standard InChI is InChI=1S/C22H22ClFN4O/c23-17-7-5-6-16(14-17)21(27-11-3-4-12-27)15-25-22(29)19-10-13-28(26-19)20-9-2-1-8-18(20)24/h1-2,5-10,13-14,21H,3-4,11-12,15H2,(H,25,29). The lowest BCUT2D eigenvalue weighted by Gasteiger charge is -2.28. The van der Waals surface area contributed by atoms with Crippen LogP contribution in [0.5, 0.6) is 0 Å². The van der Waals surface area contributed by atoms with E-state index >= 15 is 0 Å². The number of likely N-dealkylation sites (tertiary alicyclic amines) is 1. The molecule has 1 aliphatic heterocycles. The molecule has 29 heavy (non-hydrogen) atoms. The summed E-state index contributed by atoms with van der Waals surface area (Å²) in [6.45, 7) is 2.44. The maximum Gasteiger partial charge on any atom is 0.271 e. The van der Waals surface area contributed by atoms with Crippen LogP contribution in [0.2, 0.25) is 5.02 Å². The molecule has 1 fully saturated rings. The molecule has 7 heteroatoms. The van der Waals surface area contributed by atoms with E-state index < -0.39 is 5.82 Å². The number of aromatic nitrogens is 2. The highest BCUT2D eigenvalue weighted by Crippen LogP contribution is 2.26. The lowest BCUT2D eigenvalue weighted by atomic mass is 10.1. The van der Waals surface area contributed by atoms with Gasteiger partial charge in [-0.25, -0.2) is 9.07 Å². The average molecular weight is 413 g/mol. The summed E-state index contributed by atoms with van der Waals surface area (Å²) in [5.74, 6) is -0.677. The van der Waals surface area contributed by atoms with Crippen LogP contribution < -0.4 is 5.32 Å². The van der Waals surface area contributed by atoms with Crippen LogP contribution >= 0.6 is 11.6 Å². The van der Waals surface area contributed by atoms with Gasteiger partial charge in [0.1, 0.15) is 11.5 Å². The number of rotatable bonds is 6. The number of amides is 1. The zero-order chi connectivity index (χ0) is 20.2. The Hall–Kier alpha value is -2.70. The van der Waals surface area contributed by atoms with Crippen LogP contribution in [0.25, 0.3) is 5.69 Å². The van der Waals surface area contributed by atoms with E-state index in [-0.39, 0.29) is 17.6 Å². The van der Waals surface area contributed by atoms with E-state index in [4.69, 9.17) is 11.6 Å². The van der Waals surface area contributed by atoms with Gasteiger partial charge >= 0.3 is 0 Å². The number of carbonyl (C=O) groups excluding carboxylic acids is 1. The number of para-hydroxylation sites is 1. The van der Waals surface area contributed by atoms with Crippen LogP contribution in [0.15, 0.2) is 60.8 Å². The quantitative estimate of drug-likeness (QED) is 0.659. The third-order valence-electron chi connectivity index (χ3n) is 5.19. The van der Waals surface area contributed by atoms with Crippen molar-refractivity contribution in [2.45, 2.75) is 18.9 Å². The molecule has 1 aliphatic rings. The molecule has 0 aliphatic carbocycles. The van der Waals surface area contributed by atoms with Crippen molar-refractivity contribution in [3.05, 3.63) is 82.9 Å². The van der Waals surface area contributed by atoms with Gasteiger partial charge in [-0.05, 0) is 61.8 Å². The van der Waals surface area contributed by atoms with Crippen molar-refractivity contribution in [3.8, 4) is 5.69 Å². The normalized spacial score (nSPS) is 15.4. The van der Waals surface area contributed by atoms with E-state index in [2.05, 4.69) is 15.3 Å². The molecular weight excluding hydrogens is 391 g/mol. The third-order valence-corrected chi connectivity index (χ3v) is 5.43. The minimum absolute atomic E-state index is 0.0498. The Balaban J connectivity index is 1.48. The van der Waals surface area contributed by atoms with Gasteiger partial charge in [-0.15, -0.1) is 0 Å². The molecule has 2 aromatic carbocycles. The van der Waals surface area contributed by atoms with Crippen LogP contribution in [-0.2, 0) is 0 Å². The molecule has 0 radical (unpaired) electrons. The first-order valence-electron chi connectivity index (χ1n) is 9.70. The Bertz CT molecular complexity index is 1000. The average Bonchev–Trinajstić information content (AvgIpc) is 3.41. The Morgan fingerprint density at radius 2 is 1.93 bits per heavy atom. The number of hydrogen-bond donors (Lipinski definition) is 1. The van der Waals surface area contributed by atoms with Crippen LogP contribution in [0, 0.1) is 5.82 Å². The van der Waals surface area contributed by atoms with Crippen LogP contribution in [0.3, 0.4) is 0 Å². The van der Waals surface area contributed by atoms with Gasteiger partial charge in [0.15, 0.2) is 5.69 Å². The second-order valence-corrected chi connectivity index (χ2v) is 7.56. The maximum atomic E-state index is 14.0. The molecule has 0 spiro atoms. The van der Waals surface area contributed by atoms with Crippen molar-refractivity contribution in [1.82, 2.24) is 20.0 Å². The number of carbonyl (C=O) groups is 1. The first kappa shape index (κ1) is 19.6. The molecule has 0 saturated carbocycles. The van der Waals surface area contributed by atoms with Crippen molar-refractivity contribution < 1.29 is 9.18 Å². The Kier molecular flexibility index (Phi) is 5.92. The van der Waals surface area contributed by atoms with Gasteiger partial charge in [0.25, 0.3) is 5.91 Å². The second-order valence-electron chi connectivity index (χ2n) is 7.12. The predicted octanol–water partition coefficient (Wildman–Crippen LogP) is 4.23. The molecule has 1 aromatic heterocycles. The van der Waals surface area contributed by atoms with Crippen molar-refractivity contribution >= 4 is 17.5 Å².